The number of hydrogen-bond acceptors (Lipinski definition) is 3. The van der Waals surface area contributed by atoms with Crippen LogP contribution < -0.4 is 4.80 Å². The van der Waals surface area contributed by atoms with Gasteiger partial charge in [0, 0.05) is 7.05 Å². The minimum Gasteiger partial charge on any atom is -0.459 e. The molecule has 0 aliphatic rings. The smallest absolute Gasteiger partial charge is 0.315 e. The van der Waals surface area contributed by atoms with E-state index in [2.05, 4.69) is 24.0 Å². The first-order chi connectivity index (χ1) is 9.70. The molecule has 1 amide bonds. The van der Waals surface area contributed by atoms with E-state index in [4.69, 9.17) is 4.42 Å². The third kappa shape index (κ3) is 2.10. The molecule has 2 aromatic heterocycles. The van der Waals surface area contributed by atoms with Crippen LogP contribution in [-0.4, -0.2) is 10.5 Å². The first-order valence-electron chi connectivity index (χ1n) is 6.40. The molecule has 0 aliphatic carbocycles. The second kappa shape index (κ2) is 5.09. The molecule has 0 radical (unpaired) electrons. The average molecular weight is 286 g/mol. The predicted molar refractivity (Wildman–Crippen MR) is 78.8 cm³/mol. The number of carbonyl (C=O) groups is 1. The maximum Gasteiger partial charge on any atom is 0.315 e. The van der Waals surface area contributed by atoms with Gasteiger partial charge in [0.1, 0.15) is 0 Å². The summed E-state index contributed by atoms with van der Waals surface area (Å²) in [4.78, 5) is 16.8. The number of aryl methyl sites for hydroxylation is 2. The van der Waals surface area contributed by atoms with Crippen molar-refractivity contribution in [3.63, 3.8) is 0 Å². The van der Waals surface area contributed by atoms with Crippen LogP contribution in [0.5, 0.6) is 0 Å². The first kappa shape index (κ1) is 12.9. The van der Waals surface area contributed by atoms with Gasteiger partial charge in [0.15, 0.2) is 10.6 Å². The lowest BCUT2D eigenvalue weighted by molar-refractivity contribution is 0.0971. The highest BCUT2D eigenvalue weighted by Crippen LogP contribution is 2.21. The second-order valence-electron chi connectivity index (χ2n) is 4.46. The van der Waals surface area contributed by atoms with Gasteiger partial charge in [0.25, 0.3) is 0 Å². The van der Waals surface area contributed by atoms with Gasteiger partial charge < -0.3 is 8.98 Å². The lowest BCUT2D eigenvalue weighted by atomic mass is 10.1. The summed E-state index contributed by atoms with van der Waals surface area (Å²) < 4.78 is 8.19. The number of fused-ring (bicyclic) bond motifs is 1. The Bertz CT molecular complexity index is 825. The van der Waals surface area contributed by atoms with Crippen molar-refractivity contribution < 1.29 is 9.21 Å². The molecule has 20 heavy (non-hydrogen) atoms. The van der Waals surface area contributed by atoms with Crippen molar-refractivity contribution in [3.8, 4) is 0 Å². The van der Waals surface area contributed by atoms with E-state index in [0.717, 1.165) is 16.6 Å². The molecule has 0 aliphatic heterocycles. The lowest BCUT2D eigenvalue weighted by Crippen LogP contribution is -2.13. The molecule has 0 bridgehead atoms. The number of amides is 1. The number of benzene rings is 1. The SMILES string of the molecule is CCc1cccc2sc(=NC(=O)c3ccco3)n(C)c12. The van der Waals surface area contributed by atoms with Crippen molar-refractivity contribution in [1.82, 2.24) is 4.57 Å². The van der Waals surface area contributed by atoms with E-state index in [0.29, 0.717) is 4.80 Å². The normalized spacial score (nSPS) is 12.2. The van der Waals surface area contributed by atoms with E-state index in [9.17, 15) is 4.79 Å². The Hall–Kier alpha value is -2.14. The molecule has 0 fully saturated rings. The number of hydrogen-bond donors (Lipinski definition) is 0. The molecule has 0 unspecified atom stereocenters. The third-order valence-corrected chi connectivity index (χ3v) is 4.31. The summed E-state index contributed by atoms with van der Waals surface area (Å²) in [7, 11) is 1.94. The lowest BCUT2D eigenvalue weighted by Gasteiger charge is -2.01. The molecule has 0 atom stereocenters. The molecule has 5 heteroatoms. The molecule has 1 aromatic carbocycles. The molecule has 3 aromatic rings. The summed E-state index contributed by atoms with van der Waals surface area (Å²) in [5, 5.41) is 0. The fourth-order valence-electron chi connectivity index (χ4n) is 2.22. The van der Waals surface area contributed by atoms with Crippen molar-refractivity contribution >= 4 is 27.5 Å². The quantitative estimate of drug-likeness (QED) is 0.726. The zero-order valence-corrected chi connectivity index (χ0v) is 12.1. The van der Waals surface area contributed by atoms with Gasteiger partial charge >= 0.3 is 5.91 Å². The molecule has 0 N–H and O–H groups in total. The largest absolute Gasteiger partial charge is 0.459 e. The average Bonchev–Trinajstić information content (AvgIpc) is 3.08. The van der Waals surface area contributed by atoms with Crippen LogP contribution in [0, 0.1) is 0 Å². The minimum atomic E-state index is -0.352. The summed E-state index contributed by atoms with van der Waals surface area (Å²) in [6.45, 7) is 2.12. The van der Waals surface area contributed by atoms with E-state index in [1.165, 1.54) is 23.2 Å². The van der Waals surface area contributed by atoms with Crippen LogP contribution in [-0.2, 0) is 13.5 Å². The van der Waals surface area contributed by atoms with E-state index >= 15 is 0 Å². The Morgan fingerprint density at radius 3 is 2.90 bits per heavy atom. The number of nitrogens with zero attached hydrogens (tertiary/aromatic N) is 2. The zero-order valence-electron chi connectivity index (χ0n) is 11.3. The number of thiazole rings is 1. The van der Waals surface area contributed by atoms with Gasteiger partial charge in [0.05, 0.1) is 16.5 Å². The topological polar surface area (TPSA) is 47.5 Å². The highest BCUT2D eigenvalue weighted by Gasteiger charge is 2.10. The van der Waals surface area contributed by atoms with Crippen LogP contribution in [0.4, 0.5) is 0 Å². The zero-order chi connectivity index (χ0) is 14.1. The van der Waals surface area contributed by atoms with Gasteiger partial charge in [-0.3, -0.25) is 4.79 Å². The minimum absolute atomic E-state index is 0.262. The standard InChI is InChI=1S/C15H14N2O2S/c1-3-10-6-4-8-12-13(10)17(2)15(20-12)16-14(18)11-7-5-9-19-11/h4-9H,3H2,1-2H3. The summed E-state index contributed by atoms with van der Waals surface area (Å²) in [5.41, 5.74) is 2.40. The highest BCUT2D eigenvalue weighted by molar-refractivity contribution is 7.16. The van der Waals surface area contributed by atoms with Gasteiger partial charge in [0.2, 0.25) is 0 Å². The molecule has 3 rings (SSSR count). The molecular formula is C15H14N2O2S. The first-order valence-corrected chi connectivity index (χ1v) is 7.22. The number of furan rings is 1. The number of aromatic nitrogens is 1. The molecule has 0 spiro atoms. The van der Waals surface area contributed by atoms with E-state index in [-0.39, 0.29) is 11.7 Å². The highest BCUT2D eigenvalue weighted by atomic mass is 32.1. The summed E-state index contributed by atoms with van der Waals surface area (Å²) in [5.74, 6) is -0.0895. The second-order valence-corrected chi connectivity index (χ2v) is 5.46. The number of rotatable bonds is 2. The van der Waals surface area contributed by atoms with E-state index in [1.807, 2.05) is 17.7 Å². The van der Waals surface area contributed by atoms with Crippen molar-refractivity contribution in [2.45, 2.75) is 13.3 Å². The fraction of sp³-hybridized carbons (Fsp3) is 0.200. The van der Waals surface area contributed by atoms with Gasteiger partial charge in [-0.15, -0.1) is 0 Å². The molecule has 4 nitrogen and oxygen atoms in total. The number of para-hydroxylation sites is 1. The van der Waals surface area contributed by atoms with Crippen LogP contribution in [0.15, 0.2) is 46.0 Å². The van der Waals surface area contributed by atoms with Gasteiger partial charge in [-0.05, 0) is 30.2 Å². The maximum absolute atomic E-state index is 12.0. The van der Waals surface area contributed by atoms with E-state index < -0.39 is 0 Å². The Morgan fingerprint density at radius 2 is 2.20 bits per heavy atom. The Balaban J connectivity index is 2.18. The van der Waals surface area contributed by atoms with Crippen molar-refractivity contribution in [3.05, 3.63) is 52.7 Å². The summed E-state index contributed by atoms with van der Waals surface area (Å²) in [6.07, 6.45) is 2.43. The summed E-state index contributed by atoms with van der Waals surface area (Å²) >= 11 is 1.51. The van der Waals surface area contributed by atoms with Crippen molar-refractivity contribution in [2.24, 2.45) is 12.0 Å². The molecular weight excluding hydrogens is 272 g/mol. The molecule has 2 heterocycles. The molecule has 102 valence electrons. The molecule has 0 saturated carbocycles. The van der Waals surface area contributed by atoms with Gasteiger partial charge in [-0.2, -0.15) is 4.99 Å². The van der Waals surface area contributed by atoms with Crippen molar-refractivity contribution in [2.75, 3.05) is 0 Å². The third-order valence-electron chi connectivity index (χ3n) is 3.22. The van der Waals surface area contributed by atoms with Crippen LogP contribution >= 0.6 is 11.3 Å². The van der Waals surface area contributed by atoms with Crippen LogP contribution in [0.3, 0.4) is 0 Å². The number of carbonyl (C=O) groups excluding carboxylic acids is 1. The fourth-order valence-corrected chi connectivity index (χ4v) is 3.28. The summed E-state index contributed by atoms with van der Waals surface area (Å²) in [6, 6.07) is 9.50. The monoisotopic (exact) mass is 286 g/mol. The van der Waals surface area contributed by atoms with E-state index in [1.54, 1.807) is 12.1 Å². The maximum atomic E-state index is 12.0. The predicted octanol–water partition coefficient (Wildman–Crippen LogP) is 3.14. The van der Waals surface area contributed by atoms with Crippen LogP contribution in [0.25, 0.3) is 10.2 Å². The Morgan fingerprint density at radius 1 is 1.35 bits per heavy atom. The van der Waals surface area contributed by atoms with Gasteiger partial charge in [-0.25, -0.2) is 0 Å². The van der Waals surface area contributed by atoms with Crippen molar-refractivity contribution in [1.29, 1.82) is 0 Å². The Kier molecular flexibility index (Phi) is 3.28. The van der Waals surface area contributed by atoms with Gasteiger partial charge in [-0.1, -0.05) is 30.4 Å². The Labute approximate surface area is 120 Å². The van der Waals surface area contributed by atoms with Crippen LogP contribution in [0.2, 0.25) is 0 Å². The van der Waals surface area contributed by atoms with Crippen LogP contribution in [0.1, 0.15) is 23.0 Å². The molecule has 0 saturated heterocycles.